The van der Waals surface area contributed by atoms with Crippen LogP contribution in [0.25, 0.3) is 16.9 Å². The largest absolute Gasteiger partial charge is 0.479 e. The lowest BCUT2D eigenvalue weighted by Crippen LogP contribution is -2.07. The zero-order valence-electron chi connectivity index (χ0n) is 9.61. The van der Waals surface area contributed by atoms with Gasteiger partial charge in [0.1, 0.15) is 17.5 Å². The van der Waals surface area contributed by atoms with Gasteiger partial charge < -0.3 is 10.5 Å². The first-order valence-corrected chi connectivity index (χ1v) is 5.26. The van der Waals surface area contributed by atoms with Crippen molar-refractivity contribution in [3.8, 4) is 11.7 Å². The molecule has 3 rings (SSSR count). The summed E-state index contributed by atoms with van der Waals surface area (Å²) in [5.74, 6) is 0.773. The second-order valence-electron chi connectivity index (χ2n) is 3.61. The Hall–Kier alpha value is -2.70. The van der Waals surface area contributed by atoms with Crippen LogP contribution in [0.1, 0.15) is 0 Å². The minimum atomic E-state index is 0.319. The lowest BCUT2D eigenvalue weighted by Gasteiger charge is -2.07. The van der Waals surface area contributed by atoms with E-state index in [0.717, 1.165) is 11.0 Å². The quantitative estimate of drug-likeness (QED) is 0.714. The summed E-state index contributed by atoms with van der Waals surface area (Å²) in [6.45, 7) is 0. The van der Waals surface area contributed by atoms with Crippen molar-refractivity contribution >= 4 is 16.7 Å². The highest BCUT2D eigenvalue weighted by atomic mass is 16.5. The molecule has 0 aliphatic rings. The van der Waals surface area contributed by atoms with Gasteiger partial charge in [0.25, 0.3) is 0 Å². The number of benzene rings is 1. The summed E-state index contributed by atoms with van der Waals surface area (Å²) in [6, 6.07) is 7.55. The molecule has 0 aliphatic carbocycles. The summed E-state index contributed by atoms with van der Waals surface area (Å²) in [5.41, 5.74) is 7.86. The molecule has 2 aromatic heterocycles. The van der Waals surface area contributed by atoms with Gasteiger partial charge >= 0.3 is 0 Å². The molecule has 2 heterocycles. The van der Waals surface area contributed by atoms with Crippen molar-refractivity contribution in [2.75, 3.05) is 12.8 Å². The molecule has 3 aromatic rings. The highest BCUT2D eigenvalue weighted by molar-refractivity contribution is 5.77. The number of hydrogen-bond donors (Lipinski definition) is 1. The van der Waals surface area contributed by atoms with E-state index in [-0.39, 0.29) is 0 Å². The van der Waals surface area contributed by atoms with Crippen LogP contribution in [0.3, 0.4) is 0 Å². The van der Waals surface area contributed by atoms with Crippen LogP contribution in [-0.2, 0) is 0 Å². The third kappa shape index (κ3) is 1.45. The molecule has 0 aliphatic heterocycles. The minimum Gasteiger partial charge on any atom is -0.479 e. The Bertz CT molecular complexity index is 708. The van der Waals surface area contributed by atoms with Gasteiger partial charge in [-0.05, 0) is 12.1 Å². The number of methoxy groups -OCH3 is 1. The van der Waals surface area contributed by atoms with E-state index in [4.69, 9.17) is 10.5 Å². The first kappa shape index (κ1) is 10.5. The van der Waals surface area contributed by atoms with Gasteiger partial charge in [-0.25, -0.2) is 4.98 Å². The van der Waals surface area contributed by atoms with E-state index in [1.807, 2.05) is 24.3 Å². The Balaban J connectivity index is 2.26. The fourth-order valence-corrected chi connectivity index (χ4v) is 1.73. The van der Waals surface area contributed by atoms with Crippen LogP contribution >= 0.6 is 0 Å². The van der Waals surface area contributed by atoms with Crippen LogP contribution in [0.2, 0.25) is 0 Å². The fraction of sp³-hybridized carbons (Fsp3) is 0.0909. The molecule has 0 radical (unpaired) electrons. The molecule has 0 spiro atoms. The lowest BCUT2D eigenvalue weighted by atomic mass is 10.3. The number of fused-ring (bicyclic) bond motifs is 1. The minimum absolute atomic E-state index is 0.319. The summed E-state index contributed by atoms with van der Waals surface area (Å²) in [6.07, 6.45) is 1.38. The third-order valence-electron chi connectivity index (χ3n) is 2.57. The highest BCUT2D eigenvalue weighted by Gasteiger charge is 2.13. The Morgan fingerprint density at radius 2 is 2.06 bits per heavy atom. The SMILES string of the molecule is COc1ncnc(-n2nnc3ccccc32)c1N. The van der Waals surface area contributed by atoms with Gasteiger partial charge in [0.15, 0.2) is 5.82 Å². The van der Waals surface area contributed by atoms with Gasteiger partial charge in [0.2, 0.25) is 5.88 Å². The number of para-hydroxylation sites is 1. The van der Waals surface area contributed by atoms with Crippen LogP contribution < -0.4 is 10.5 Å². The van der Waals surface area contributed by atoms with Crippen LogP contribution in [0.5, 0.6) is 5.88 Å². The second-order valence-corrected chi connectivity index (χ2v) is 3.61. The topological polar surface area (TPSA) is 91.7 Å². The molecular formula is C11H10N6O. The molecule has 0 amide bonds. The number of nitrogens with zero attached hydrogens (tertiary/aromatic N) is 5. The molecule has 0 fully saturated rings. The van der Waals surface area contributed by atoms with E-state index in [1.54, 1.807) is 4.68 Å². The number of nitrogens with two attached hydrogens (primary N) is 1. The molecular weight excluding hydrogens is 232 g/mol. The van der Waals surface area contributed by atoms with Crippen LogP contribution in [0.4, 0.5) is 5.69 Å². The molecule has 18 heavy (non-hydrogen) atoms. The van der Waals surface area contributed by atoms with Gasteiger partial charge in [0.05, 0.1) is 12.6 Å². The van der Waals surface area contributed by atoms with Crippen molar-refractivity contribution < 1.29 is 4.74 Å². The van der Waals surface area contributed by atoms with Gasteiger partial charge in [-0.15, -0.1) is 5.10 Å². The van der Waals surface area contributed by atoms with E-state index in [2.05, 4.69) is 20.3 Å². The van der Waals surface area contributed by atoms with E-state index in [9.17, 15) is 0 Å². The van der Waals surface area contributed by atoms with E-state index in [1.165, 1.54) is 13.4 Å². The van der Waals surface area contributed by atoms with E-state index < -0.39 is 0 Å². The number of anilines is 1. The Morgan fingerprint density at radius 3 is 2.89 bits per heavy atom. The van der Waals surface area contributed by atoms with Crippen molar-refractivity contribution in [1.29, 1.82) is 0 Å². The van der Waals surface area contributed by atoms with E-state index >= 15 is 0 Å². The summed E-state index contributed by atoms with van der Waals surface area (Å²) >= 11 is 0. The van der Waals surface area contributed by atoms with Crippen LogP contribution in [0, 0.1) is 0 Å². The van der Waals surface area contributed by atoms with Crippen LogP contribution in [0.15, 0.2) is 30.6 Å². The molecule has 90 valence electrons. The molecule has 1 aromatic carbocycles. The first-order valence-electron chi connectivity index (χ1n) is 5.26. The molecule has 0 saturated heterocycles. The Labute approximate surface area is 102 Å². The monoisotopic (exact) mass is 242 g/mol. The number of nitrogen functional groups attached to an aromatic ring is 1. The average molecular weight is 242 g/mol. The smallest absolute Gasteiger partial charge is 0.242 e. The molecule has 0 bridgehead atoms. The summed E-state index contributed by atoms with van der Waals surface area (Å²) < 4.78 is 6.62. The maximum Gasteiger partial charge on any atom is 0.242 e. The van der Waals surface area contributed by atoms with Gasteiger partial charge in [0, 0.05) is 0 Å². The maximum atomic E-state index is 5.94. The average Bonchev–Trinajstić information content (AvgIpc) is 2.83. The number of ether oxygens (including phenoxy) is 1. The van der Waals surface area contributed by atoms with Gasteiger partial charge in [-0.1, -0.05) is 17.3 Å². The van der Waals surface area contributed by atoms with Crippen LogP contribution in [-0.4, -0.2) is 32.1 Å². The van der Waals surface area contributed by atoms with Crippen molar-refractivity contribution in [3.05, 3.63) is 30.6 Å². The predicted molar refractivity (Wildman–Crippen MR) is 65.4 cm³/mol. The molecule has 2 N–H and O–H groups in total. The molecule has 7 heteroatoms. The molecule has 0 unspecified atom stereocenters. The maximum absolute atomic E-state index is 5.94. The number of aromatic nitrogens is 5. The van der Waals surface area contributed by atoms with Gasteiger partial charge in [-0.3, -0.25) is 0 Å². The van der Waals surface area contributed by atoms with Crippen molar-refractivity contribution in [2.24, 2.45) is 0 Å². The summed E-state index contributed by atoms with van der Waals surface area (Å²) in [5, 5.41) is 8.09. The first-order chi connectivity index (χ1) is 8.81. The Morgan fingerprint density at radius 1 is 1.22 bits per heavy atom. The predicted octanol–water partition coefficient (Wildman–Crippen LogP) is 0.801. The molecule has 0 saturated carbocycles. The number of rotatable bonds is 2. The van der Waals surface area contributed by atoms with E-state index in [0.29, 0.717) is 17.4 Å². The molecule has 7 nitrogen and oxygen atoms in total. The fourth-order valence-electron chi connectivity index (χ4n) is 1.73. The lowest BCUT2D eigenvalue weighted by molar-refractivity contribution is 0.399. The van der Waals surface area contributed by atoms with Crippen molar-refractivity contribution in [3.63, 3.8) is 0 Å². The Kier molecular flexibility index (Phi) is 2.30. The standard InChI is InChI=1S/C11H10N6O/c1-18-11-9(12)10(13-6-14-11)17-8-5-3-2-4-7(8)15-16-17/h2-6H,12H2,1H3. The van der Waals surface area contributed by atoms with Crippen molar-refractivity contribution in [1.82, 2.24) is 25.0 Å². The second kappa shape index (κ2) is 3.95. The number of hydrogen-bond acceptors (Lipinski definition) is 6. The zero-order valence-corrected chi connectivity index (χ0v) is 9.61. The van der Waals surface area contributed by atoms with Crippen molar-refractivity contribution in [2.45, 2.75) is 0 Å². The third-order valence-corrected chi connectivity index (χ3v) is 2.57. The zero-order chi connectivity index (χ0) is 12.5. The normalized spacial score (nSPS) is 10.7. The molecule has 0 atom stereocenters. The summed E-state index contributed by atoms with van der Waals surface area (Å²) in [7, 11) is 1.50. The highest BCUT2D eigenvalue weighted by Crippen LogP contribution is 2.24. The summed E-state index contributed by atoms with van der Waals surface area (Å²) in [4.78, 5) is 8.05. The van der Waals surface area contributed by atoms with Gasteiger partial charge in [-0.2, -0.15) is 9.67 Å².